The molecule has 0 radical (unpaired) electrons. The van der Waals surface area contributed by atoms with Gasteiger partial charge in [0.1, 0.15) is 5.82 Å². The van der Waals surface area contributed by atoms with Gasteiger partial charge in [-0.05, 0) is 52.9 Å². The van der Waals surface area contributed by atoms with E-state index < -0.39 is 0 Å². The molecule has 0 nitrogen and oxygen atoms in total. The van der Waals surface area contributed by atoms with Crippen LogP contribution in [0.1, 0.15) is 5.56 Å². The van der Waals surface area contributed by atoms with E-state index >= 15 is 0 Å². The summed E-state index contributed by atoms with van der Waals surface area (Å²) in [5, 5.41) is 0. The third-order valence-corrected chi connectivity index (χ3v) is 3.50. The van der Waals surface area contributed by atoms with E-state index in [0.29, 0.717) is 0 Å². The molecule has 0 N–H and O–H groups in total. The highest BCUT2D eigenvalue weighted by atomic mass is 19.1. The molecule has 0 saturated heterocycles. The van der Waals surface area contributed by atoms with Crippen molar-refractivity contribution in [1.82, 2.24) is 0 Å². The van der Waals surface area contributed by atoms with Crippen LogP contribution in [-0.4, -0.2) is 0 Å². The van der Waals surface area contributed by atoms with E-state index in [2.05, 4.69) is 37.3 Å². The minimum Gasteiger partial charge on any atom is -0.207 e. The monoisotopic (exact) mass is 262 g/mol. The minimum absolute atomic E-state index is 0.204. The summed E-state index contributed by atoms with van der Waals surface area (Å²) >= 11 is 0. The smallest absolute Gasteiger partial charge is 0.123 e. The van der Waals surface area contributed by atoms with Crippen LogP contribution < -0.4 is 0 Å². The summed E-state index contributed by atoms with van der Waals surface area (Å²) in [7, 11) is 0. The van der Waals surface area contributed by atoms with Crippen molar-refractivity contribution in [3.05, 3.63) is 84.2 Å². The van der Waals surface area contributed by atoms with E-state index in [1.165, 1.54) is 28.8 Å². The zero-order valence-corrected chi connectivity index (χ0v) is 11.3. The van der Waals surface area contributed by atoms with Gasteiger partial charge in [-0.1, -0.05) is 54.6 Å². The first-order valence-corrected chi connectivity index (χ1v) is 6.66. The van der Waals surface area contributed by atoms with Gasteiger partial charge in [0.2, 0.25) is 0 Å². The highest BCUT2D eigenvalue weighted by Gasteiger charge is 2.05. The maximum absolute atomic E-state index is 13.0. The van der Waals surface area contributed by atoms with Gasteiger partial charge in [0.05, 0.1) is 0 Å². The lowest BCUT2D eigenvalue weighted by Crippen LogP contribution is -1.86. The Balaban J connectivity index is 2.09. The van der Waals surface area contributed by atoms with Crippen LogP contribution in [0.15, 0.2) is 72.8 Å². The second-order valence-electron chi connectivity index (χ2n) is 4.90. The Morgan fingerprint density at radius 2 is 1.30 bits per heavy atom. The normalized spacial score (nSPS) is 10.5. The highest BCUT2D eigenvalue weighted by Crippen LogP contribution is 2.29. The van der Waals surface area contributed by atoms with Crippen molar-refractivity contribution in [2.45, 2.75) is 6.92 Å². The van der Waals surface area contributed by atoms with E-state index in [4.69, 9.17) is 0 Å². The topological polar surface area (TPSA) is 0 Å². The Kier molecular flexibility index (Phi) is 3.34. The molecule has 0 aliphatic heterocycles. The molecule has 3 aromatic rings. The van der Waals surface area contributed by atoms with E-state index in [1.54, 1.807) is 0 Å². The Labute approximate surface area is 118 Å². The maximum atomic E-state index is 13.0. The first kappa shape index (κ1) is 12.6. The molecule has 0 spiro atoms. The zero-order valence-electron chi connectivity index (χ0n) is 11.3. The number of rotatable bonds is 2. The summed E-state index contributed by atoms with van der Waals surface area (Å²) < 4.78 is 13.0. The van der Waals surface area contributed by atoms with Crippen molar-refractivity contribution < 1.29 is 4.39 Å². The van der Waals surface area contributed by atoms with Gasteiger partial charge in [-0.3, -0.25) is 0 Å². The molecule has 0 bridgehead atoms. The van der Waals surface area contributed by atoms with Crippen molar-refractivity contribution >= 4 is 0 Å². The highest BCUT2D eigenvalue weighted by molar-refractivity contribution is 5.75. The average molecular weight is 262 g/mol. The number of benzene rings is 3. The van der Waals surface area contributed by atoms with Crippen LogP contribution in [0.5, 0.6) is 0 Å². The predicted molar refractivity (Wildman–Crippen MR) is 82.0 cm³/mol. The van der Waals surface area contributed by atoms with Crippen LogP contribution in [0, 0.1) is 12.7 Å². The van der Waals surface area contributed by atoms with Crippen LogP contribution in [0.4, 0.5) is 4.39 Å². The van der Waals surface area contributed by atoms with Crippen LogP contribution in [0.2, 0.25) is 0 Å². The largest absolute Gasteiger partial charge is 0.207 e. The summed E-state index contributed by atoms with van der Waals surface area (Å²) in [6.45, 7) is 2.11. The maximum Gasteiger partial charge on any atom is 0.123 e. The summed E-state index contributed by atoms with van der Waals surface area (Å²) in [6.07, 6.45) is 0. The second-order valence-corrected chi connectivity index (χ2v) is 4.90. The fraction of sp³-hybridized carbons (Fsp3) is 0.0526. The van der Waals surface area contributed by atoms with E-state index in [1.807, 2.05) is 30.3 Å². The van der Waals surface area contributed by atoms with Crippen molar-refractivity contribution in [3.8, 4) is 22.3 Å². The van der Waals surface area contributed by atoms with Crippen LogP contribution in [0.3, 0.4) is 0 Å². The minimum atomic E-state index is -0.204. The molecule has 0 atom stereocenters. The zero-order chi connectivity index (χ0) is 13.9. The van der Waals surface area contributed by atoms with E-state index in [9.17, 15) is 4.39 Å². The van der Waals surface area contributed by atoms with Gasteiger partial charge in [-0.2, -0.15) is 0 Å². The predicted octanol–water partition coefficient (Wildman–Crippen LogP) is 5.47. The van der Waals surface area contributed by atoms with Crippen molar-refractivity contribution in [1.29, 1.82) is 0 Å². The van der Waals surface area contributed by atoms with Gasteiger partial charge >= 0.3 is 0 Å². The van der Waals surface area contributed by atoms with Gasteiger partial charge in [0, 0.05) is 0 Å². The third kappa shape index (κ3) is 2.48. The van der Waals surface area contributed by atoms with Crippen LogP contribution in [0.25, 0.3) is 22.3 Å². The fourth-order valence-electron chi connectivity index (χ4n) is 2.37. The van der Waals surface area contributed by atoms with Crippen molar-refractivity contribution in [3.63, 3.8) is 0 Å². The number of hydrogen-bond acceptors (Lipinski definition) is 0. The molecule has 98 valence electrons. The Hall–Kier alpha value is -2.41. The second kappa shape index (κ2) is 5.30. The molecule has 0 heterocycles. The molecule has 0 saturated carbocycles. The molecule has 1 heteroatoms. The van der Waals surface area contributed by atoms with Gasteiger partial charge in [0.25, 0.3) is 0 Å². The molecule has 0 fully saturated rings. The van der Waals surface area contributed by atoms with Crippen LogP contribution >= 0.6 is 0 Å². The number of hydrogen-bond donors (Lipinski definition) is 0. The lowest BCUT2D eigenvalue weighted by Gasteiger charge is -2.09. The molecule has 0 unspecified atom stereocenters. The summed E-state index contributed by atoms with van der Waals surface area (Å²) in [5.41, 5.74) is 5.79. The molecular weight excluding hydrogens is 247 g/mol. The quantitative estimate of drug-likeness (QED) is 0.574. The summed E-state index contributed by atoms with van der Waals surface area (Å²) in [4.78, 5) is 0. The summed E-state index contributed by atoms with van der Waals surface area (Å²) in [5.74, 6) is -0.204. The van der Waals surface area contributed by atoms with Crippen LogP contribution in [-0.2, 0) is 0 Å². The first-order valence-electron chi connectivity index (χ1n) is 6.66. The van der Waals surface area contributed by atoms with Gasteiger partial charge < -0.3 is 0 Å². The lowest BCUT2D eigenvalue weighted by atomic mass is 9.95. The van der Waals surface area contributed by atoms with Gasteiger partial charge in [-0.15, -0.1) is 0 Å². The molecule has 3 aromatic carbocycles. The standard InChI is InChI=1S/C19H15F/c1-14-7-8-17(15-9-11-18(20)12-10-15)13-19(14)16-5-3-2-4-6-16/h2-13H,1H3. The lowest BCUT2D eigenvalue weighted by molar-refractivity contribution is 0.628. The van der Waals surface area contributed by atoms with Gasteiger partial charge in [-0.25, -0.2) is 4.39 Å². The molecule has 3 rings (SSSR count). The Bertz CT molecular complexity index is 713. The summed E-state index contributed by atoms with van der Waals surface area (Å²) in [6, 6.07) is 23.3. The molecular formula is C19H15F. The molecule has 20 heavy (non-hydrogen) atoms. The molecule has 0 aromatic heterocycles. The number of halogens is 1. The van der Waals surface area contributed by atoms with Gasteiger partial charge in [0.15, 0.2) is 0 Å². The first-order chi connectivity index (χ1) is 9.74. The van der Waals surface area contributed by atoms with E-state index in [-0.39, 0.29) is 5.82 Å². The SMILES string of the molecule is Cc1ccc(-c2ccc(F)cc2)cc1-c1ccccc1. The number of aryl methyl sites for hydroxylation is 1. The van der Waals surface area contributed by atoms with Crippen molar-refractivity contribution in [2.75, 3.05) is 0 Å². The third-order valence-electron chi connectivity index (χ3n) is 3.50. The molecule has 0 aliphatic rings. The van der Waals surface area contributed by atoms with Crippen molar-refractivity contribution in [2.24, 2.45) is 0 Å². The molecule has 0 amide bonds. The Morgan fingerprint density at radius 1 is 0.650 bits per heavy atom. The average Bonchev–Trinajstić information content (AvgIpc) is 2.50. The fourth-order valence-corrected chi connectivity index (χ4v) is 2.37. The Morgan fingerprint density at radius 3 is 2.00 bits per heavy atom. The van der Waals surface area contributed by atoms with E-state index in [0.717, 1.165) is 11.1 Å². The molecule has 0 aliphatic carbocycles.